The Hall–Kier alpha value is -4.16. The normalized spacial score (nSPS) is 20.3. The summed E-state index contributed by atoms with van der Waals surface area (Å²) in [7, 11) is 1.64. The smallest absolute Gasteiger partial charge is 0.262 e. The molecule has 4 aromatic heterocycles. The van der Waals surface area contributed by atoms with Gasteiger partial charge in [-0.2, -0.15) is 5.10 Å². The molecule has 12 nitrogen and oxygen atoms in total. The molecule has 0 radical (unpaired) electrons. The molecular formula is C23H23N9O3. The number of pyridine rings is 1. The summed E-state index contributed by atoms with van der Waals surface area (Å²) in [5.41, 5.74) is 1.29. The largest absolute Gasteiger partial charge is 0.373 e. The van der Waals surface area contributed by atoms with E-state index >= 15 is 0 Å². The van der Waals surface area contributed by atoms with E-state index in [0.29, 0.717) is 41.3 Å². The van der Waals surface area contributed by atoms with E-state index in [1.807, 2.05) is 23.0 Å². The first kappa shape index (κ1) is 21.4. The Kier molecular flexibility index (Phi) is 5.04. The van der Waals surface area contributed by atoms with Crippen LogP contribution in [0.1, 0.15) is 18.2 Å². The van der Waals surface area contributed by atoms with Gasteiger partial charge in [-0.1, -0.05) is 11.2 Å². The van der Waals surface area contributed by atoms with Gasteiger partial charge in [0.25, 0.3) is 5.91 Å². The second-order valence-electron chi connectivity index (χ2n) is 8.73. The molecule has 3 N–H and O–H groups in total. The summed E-state index contributed by atoms with van der Waals surface area (Å²) in [5, 5.41) is 25.7. The number of nitrogens with one attached hydrogen (secondary N) is 2. The van der Waals surface area contributed by atoms with Crippen LogP contribution in [-0.4, -0.2) is 72.5 Å². The first-order valence-corrected chi connectivity index (χ1v) is 11.3. The summed E-state index contributed by atoms with van der Waals surface area (Å²) < 4.78 is 7.28. The average molecular weight is 473 g/mol. The van der Waals surface area contributed by atoms with E-state index in [1.165, 1.54) is 4.90 Å². The van der Waals surface area contributed by atoms with Gasteiger partial charge >= 0.3 is 0 Å². The third-order valence-electron chi connectivity index (χ3n) is 6.35. The van der Waals surface area contributed by atoms with Crippen molar-refractivity contribution in [3.05, 3.63) is 54.7 Å². The number of nitrogens with zero attached hydrogens (tertiary/aromatic N) is 7. The van der Waals surface area contributed by atoms with Gasteiger partial charge in [-0.15, -0.1) is 0 Å². The average Bonchev–Trinajstić information content (AvgIpc) is 3.57. The van der Waals surface area contributed by atoms with Gasteiger partial charge in [0.2, 0.25) is 11.5 Å². The molecule has 2 saturated heterocycles. The highest BCUT2D eigenvalue weighted by Gasteiger charge is 2.48. The lowest BCUT2D eigenvalue weighted by Gasteiger charge is -2.27. The lowest BCUT2D eigenvalue weighted by atomic mass is 9.98. The van der Waals surface area contributed by atoms with Gasteiger partial charge in [0.05, 0.1) is 35.0 Å². The maximum absolute atomic E-state index is 12.4. The summed E-state index contributed by atoms with van der Waals surface area (Å²) in [4.78, 5) is 27.4. The van der Waals surface area contributed by atoms with E-state index in [-0.39, 0.29) is 12.2 Å². The number of aromatic nitrogens is 6. The minimum absolute atomic E-state index is 0.112. The molecule has 6 heterocycles. The quantitative estimate of drug-likeness (QED) is 0.375. The second-order valence-corrected chi connectivity index (χ2v) is 8.73. The van der Waals surface area contributed by atoms with Crippen molar-refractivity contribution in [3.8, 4) is 22.8 Å². The van der Waals surface area contributed by atoms with Crippen molar-refractivity contribution in [2.45, 2.75) is 18.1 Å². The van der Waals surface area contributed by atoms with Crippen molar-refractivity contribution in [2.24, 2.45) is 0 Å². The Labute approximate surface area is 200 Å². The van der Waals surface area contributed by atoms with Gasteiger partial charge in [-0.05, 0) is 18.2 Å². The predicted octanol–water partition coefficient (Wildman–Crippen LogP) is 1.33. The Balaban J connectivity index is 1.23. The molecule has 0 aliphatic carbocycles. The Morgan fingerprint density at radius 3 is 2.71 bits per heavy atom. The number of likely N-dealkylation sites (N-methyl/N-ethyl adjacent to an activating group) is 1. The Morgan fingerprint density at radius 1 is 1.17 bits per heavy atom. The number of carbonyl (C=O) groups excluding carboxylic acids is 1. The topological polar surface area (TPSA) is 147 Å². The fourth-order valence-corrected chi connectivity index (χ4v) is 4.15. The molecule has 12 heteroatoms. The number of rotatable bonds is 6. The molecule has 1 amide bonds. The zero-order valence-electron chi connectivity index (χ0n) is 18.9. The third-order valence-corrected chi connectivity index (χ3v) is 6.35. The van der Waals surface area contributed by atoms with Gasteiger partial charge in [0.15, 0.2) is 5.76 Å². The molecule has 2 aliphatic rings. The molecule has 0 saturated carbocycles. The number of amides is 1. The first-order valence-electron chi connectivity index (χ1n) is 11.3. The summed E-state index contributed by atoms with van der Waals surface area (Å²) in [6.45, 7) is 2.27. The van der Waals surface area contributed by atoms with E-state index in [4.69, 9.17) is 4.52 Å². The summed E-state index contributed by atoms with van der Waals surface area (Å²) in [6, 6.07) is 9.15. The Morgan fingerprint density at radius 2 is 1.97 bits per heavy atom. The highest BCUT2D eigenvalue weighted by atomic mass is 16.5. The highest BCUT2D eigenvalue weighted by Crippen LogP contribution is 2.34. The molecule has 1 atom stereocenters. The van der Waals surface area contributed by atoms with Crippen LogP contribution in [0.4, 0.5) is 11.6 Å². The summed E-state index contributed by atoms with van der Waals surface area (Å²) in [5.74, 6) is 0.134. The maximum Gasteiger partial charge on any atom is 0.262 e. The van der Waals surface area contributed by atoms with E-state index < -0.39 is 11.5 Å². The highest BCUT2D eigenvalue weighted by molar-refractivity contribution is 5.87. The molecule has 0 spiro atoms. The van der Waals surface area contributed by atoms with Crippen molar-refractivity contribution in [2.75, 3.05) is 32.0 Å². The fourth-order valence-electron chi connectivity index (χ4n) is 4.15. The van der Waals surface area contributed by atoms with Gasteiger partial charge in [-0.3, -0.25) is 9.48 Å². The molecule has 0 aromatic carbocycles. The Bertz CT molecular complexity index is 1400. The number of hydrogen-bond acceptors (Lipinski definition) is 10. The maximum atomic E-state index is 12.4. The number of hydrogen-bond donors (Lipinski definition) is 3. The molecular weight excluding hydrogens is 450 g/mol. The predicted molar refractivity (Wildman–Crippen MR) is 124 cm³/mol. The van der Waals surface area contributed by atoms with E-state index in [0.717, 1.165) is 18.8 Å². The second kappa shape index (κ2) is 8.25. The van der Waals surface area contributed by atoms with Crippen molar-refractivity contribution in [1.29, 1.82) is 0 Å². The molecule has 4 aromatic rings. The van der Waals surface area contributed by atoms with Crippen molar-refractivity contribution >= 4 is 17.5 Å². The fraction of sp³-hybridized carbons (Fsp3) is 0.304. The van der Waals surface area contributed by atoms with Crippen molar-refractivity contribution in [1.82, 2.24) is 40.1 Å². The van der Waals surface area contributed by atoms with Crippen LogP contribution >= 0.6 is 0 Å². The van der Waals surface area contributed by atoms with Gasteiger partial charge in [0.1, 0.15) is 5.69 Å². The zero-order valence-corrected chi connectivity index (χ0v) is 18.9. The summed E-state index contributed by atoms with van der Waals surface area (Å²) in [6.07, 6.45) is 5.59. The van der Waals surface area contributed by atoms with Crippen LogP contribution in [0.25, 0.3) is 22.8 Å². The molecule has 6 rings (SSSR count). The number of carbonyl (C=O) groups is 1. The number of aliphatic hydroxyl groups is 1. The van der Waals surface area contributed by atoms with E-state index in [2.05, 4.69) is 35.8 Å². The van der Waals surface area contributed by atoms with Crippen LogP contribution in [0.5, 0.6) is 0 Å². The van der Waals surface area contributed by atoms with Crippen LogP contribution in [-0.2, 0) is 10.4 Å². The van der Waals surface area contributed by atoms with Gasteiger partial charge in [0, 0.05) is 51.6 Å². The number of anilines is 2. The molecule has 178 valence electrons. The van der Waals surface area contributed by atoms with Crippen LogP contribution in [0.2, 0.25) is 0 Å². The van der Waals surface area contributed by atoms with Gasteiger partial charge < -0.3 is 25.2 Å². The molecule has 2 aliphatic heterocycles. The minimum atomic E-state index is -1.70. The van der Waals surface area contributed by atoms with Crippen LogP contribution in [0.15, 0.2) is 53.4 Å². The lowest BCUT2D eigenvalue weighted by molar-refractivity contribution is -0.144. The standard InChI is InChI=1S/C23H23N9O3/c1-31-8-6-23(34,21(31)33)20-9-19(30-35-20)17-4-2-3-16(28-17)18-5-7-25-22(29-18)27-14-10-26-32(13-14)15-11-24-12-15/h2-5,7,9-10,13,15,24,34H,6,8,11-12H2,1H3,(H,25,27,29). The first-order chi connectivity index (χ1) is 17.0. The van der Waals surface area contributed by atoms with Crippen molar-refractivity contribution < 1.29 is 14.4 Å². The van der Waals surface area contributed by atoms with Crippen molar-refractivity contribution in [3.63, 3.8) is 0 Å². The van der Waals surface area contributed by atoms with Crippen LogP contribution < -0.4 is 10.6 Å². The third kappa shape index (κ3) is 3.82. The molecule has 0 bridgehead atoms. The summed E-state index contributed by atoms with van der Waals surface area (Å²) >= 11 is 0. The van der Waals surface area contributed by atoms with Crippen LogP contribution in [0, 0.1) is 0 Å². The monoisotopic (exact) mass is 473 g/mol. The van der Waals surface area contributed by atoms with Gasteiger partial charge in [-0.25, -0.2) is 15.0 Å². The SMILES string of the molecule is CN1CCC(O)(c2cc(-c3cccc(-c4ccnc(Nc5cnn(C6CNC6)c5)n4)n3)no2)C1=O. The van der Waals surface area contributed by atoms with Crippen LogP contribution in [0.3, 0.4) is 0 Å². The van der Waals surface area contributed by atoms with E-state index in [9.17, 15) is 9.90 Å². The number of likely N-dealkylation sites (tertiary alicyclic amines) is 1. The lowest BCUT2D eigenvalue weighted by Crippen LogP contribution is -2.43. The minimum Gasteiger partial charge on any atom is -0.373 e. The molecule has 2 fully saturated rings. The zero-order chi connectivity index (χ0) is 24.0. The molecule has 35 heavy (non-hydrogen) atoms. The van der Waals surface area contributed by atoms with E-state index in [1.54, 1.807) is 37.6 Å². The molecule has 1 unspecified atom stereocenters.